The largest absolute Gasteiger partial charge is 0.448 e. The van der Waals surface area contributed by atoms with Crippen molar-refractivity contribution in [1.82, 2.24) is 19.4 Å². The van der Waals surface area contributed by atoms with E-state index in [4.69, 9.17) is 4.74 Å². The molecular weight excluding hydrogens is 374 g/mol. The standard InChI is InChI=1S/C20H23N5O4/c1-14-21-8-10-24(14)16-6-4-15(5-7-16)22-19(27)17-3-2-9-25(17)18(26)13-23-11-12-29-20(23)28/h4-8,10,17H,2-3,9,11-13H2,1H3,(H,22,27). The second kappa shape index (κ2) is 7.94. The van der Waals surface area contributed by atoms with Gasteiger partial charge in [-0.15, -0.1) is 0 Å². The quantitative estimate of drug-likeness (QED) is 0.826. The summed E-state index contributed by atoms with van der Waals surface area (Å²) in [4.78, 5) is 44.1. The van der Waals surface area contributed by atoms with E-state index in [-0.39, 0.29) is 18.4 Å². The van der Waals surface area contributed by atoms with Gasteiger partial charge in [-0.3, -0.25) is 14.5 Å². The number of ether oxygens (including phenoxy) is 1. The van der Waals surface area contributed by atoms with Crippen LogP contribution in [0.15, 0.2) is 36.7 Å². The molecule has 0 radical (unpaired) electrons. The van der Waals surface area contributed by atoms with Gasteiger partial charge in [0.05, 0.1) is 6.54 Å². The Hall–Kier alpha value is -3.36. The van der Waals surface area contributed by atoms with Crippen molar-refractivity contribution in [3.63, 3.8) is 0 Å². The average molecular weight is 397 g/mol. The van der Waals surface area contributed by atoms with Gasteiger partial charge in [0.2, 0.25) is 11.8 Å². The van der Waals surface area contributed by atoms with Gasteiger partial charge in [0.1, 0.15) is 25.0 Å². The Morgan fingerprint density at radius 3 is 2.69 bits per heavy atom. The normalized spacial score (nSPS) is 18.8. The minimum absolute atomic E-state index is 0.0540. The number of amides is 3. The summed E-state index contributed by atoms with van der Waals surface area (Å²) in [6.07, 6.45) is 4.49. The molecule has 2 saturated heterocycles. The number of anilines is 1. The fourth-order valence-corrected chi connectivity index (χ4v) is 3.74. The molecule has 0 spiro atoms. The minimum atomic E-state index is -0.531. The van der Waals surface area contributed by atoms with Crippen LogP contribution in [0.1, 0.15) is 18.7 Å². The maximum Gasteiger partial charge on any atom is 0.410 e. The predicted molar refractivity (Wildman–Crippen MR) is 105 cm³/mol. The number of carbonyl (C=O) groups is 3. The highest BCUT2D eigenvalue weighted by Crippen LogP contribution is 2.21. The molecule has 4 rings (SSSR count). The average Bonchev–Trinajstić information content (AvgIpc) is 3.44. The first kappa shape index (κ1) is 19.0. The third kappa shape index (κ3) is 3.94. The highest BCUT2D eigenvalue weighted by atomic mass is 16.6. The molecule has 0 saturated carbocycles. The van der Waals surface area contributed by atoms with Gasteiger partial charge in [-0.2, -0.15) is 0 Å². The van der Waals surface area contributed by atoms with Crippen LogP contribution in [0.5, 0.6) is 0 Å². The highest BCUT2D eigenvalue weighted by Gasteiger charge is 2.36. The van der Waals surface area contributed by atoms with Crippen LogP contribution in [0, 0.1) is 6.92 Å². The van der Waals surface area contributed by atoms with Gasteiger partial charge < -0.3 is 19.5 Å². The zero-order chi connectivity index (χ0) is 20.4. The summed E-state index contributed by atoms with van der Waals surface area (Å²) in [5.74, 6) is 0.433. The Morgan fingerprint density at radius 2 is 2.03 bits per heavy atom. The van der Waals surface area contributed by atoms with E-state index in [0.717, 1.165) is 17.9 Å². The van der Waals surface area contributed by atoms with E-state index in [1.165, 1.54) is 4.90 Å². The summed E-state index contributed by atoms with van der Waals surface area (Å²) >= 11 is 0. The number of hydrogen-bond donors (Lipinski definition) is 1. The van der Waals surface area contributed by atoms with Crippen molar-refractivity contribution < 1.29 is 19.1 Å². The van der Waals surface area contributed by atoms with Gasteiger partial charge in [0.25, 0.3) is 0 Å². The number of nitrogens with one attached hydrogen (secondary N) is 1. The van der Waals surface area contributed by atoms with Crippen molar-refractivity contribution in [3.05, 3.63) is 42.5 Å². The molecule has 0 aliphatic carbocycles. The number of imidazole rings is 1. The molecule has 9 nitrogen and oxygen atoms in total. The number of carbonyl (C=O) groups excluding carboxylic acids is 3. The first-order valence-corrected chi connectivity index (χ1v) is 9.65. The van der Waals surface area contributed by atoms with E-state index in [0.29, 0.717) is 31.8 Å². The van der Waals surface area contributed by atoms with E-state index >= 15 is 0 Å². The van der Waals surface area contributed by atoms with Crippen LogP contribution in [0.2, 0.25) is 0 Å². The maximum atomic E-state index is 12.8. The summed E-state index contributed by atoms with van der Waals surface area (Å²) in [5.41, 5.74) is 1.62. The fourth-order valence-electron chi connectivity index (χ4n) is 3.74. The van der Waals surface area contributed by atoms with Crippen LogP contribution in [0.4, 0.5) is 10.5 Å². The molecule has 152 valence electrons. The van der Waals surface area contributed by atoms with E-state index < -0.39 is 12.1 Å². The number of aryl methyl sites for hydroxylation is 1. The molecule has 2 aliphatic rings. The lowest BCUT2D eigenvalue weighted by atomic mass is 10.2. The molecule has 2 aromatic rings. The second-order valence-corrected chi connectivity index (χ2v) is 7.16. The zero-order valence-electron chi connectivity index (χ0n) is 16.2. The molecule has 1 unspecified atom stereocenters. The summed E-state index contributed by atoms with van der Waals surface area (Å²) < 4.78 is 6.81. The molecule has 1 aromatic heterocycles. The smallest absolute Gasteiger partial charge is 0.410 e. The molecule has 2 aliphatic heterocycles. The molecule has 9 heteroatoms. The molecule has 0 bridgehead atoms. The van der Waals surface area contributed by atoms with Crippen LogP contribution >= 0.6 is 0 Å². The number of rotatable bonds is 5. The predicted octanol–water partition coefficient (Wildman–Crippen LogP) is 1.56. The maximum absolute atomic E-state index is 12.8. The fraction of sp³-hybridized carbons (Fsp3) is 0.400. The molecule has 1 aromatic carbocycles. The van der Waals surface area contributed by atoms with E-state index in [2.05, 4.69) is 10.3 Å². The molecule has 3 amide bonds. The Labute approximate surface area is 168 Å². The third-order valence-corrected chi connectivity index (χ3v) is 5.29. The van der Waals surface area contributed by atoms with Gasteiger partial charge in [0.15, 0.2) is 0 Å². The van der Waals surface area contributed by atoms with Crippen molar-refractivity contribution in [3.8, 4) is 5.69 Å². The SMILES string of the molecule is Cc1nccn1-c1ccc(NC(=O)C2CCCN2C(=O)CN2CCOC2=O)cc1. The van der Waals surface area contributed by atoms with Crippen molar-refractivity contribution in [2.24, 2.45) is 0 Å². The Balaban J connectivity index is 1.39. The lowest BCUT2D eigenvalue weighted by Crippen LogP contribution is -2.47. The van der Waals surface area contributed by atoms with Crippen LogP contribution in [-0.4, -0.2) is 69.5 Å². The lowest BCUT2D eigenvalue weighted by molar-refractivity contribution is -0.137. The number of benzene rings is 1. The van der Waals surface area contributed by atoms with Crippen molar-refractivity contribution in [1.29, 1.82) is 0 Å². The van der Waals surface area contributed by atoms with Crippen molar-refractivity contribution in [2.75, 3.05) is 31.6 Å². The van der Waals surface area contributed by atoms with Crippen molar-refractivity contribution in [2.45, 2.75) is 25.8 Å². The number of cyclic esters (lactones) is 1. The van der Waals surface area contributed by atoms with Gasteiger partial charge in [-0.1, -0.05) is 0 Å². The highest BCUT2D eigenvalue weighted by molar-refractivity contribution is 5.98. The van der Waals surface area contributed by atoms with Crippen LogP contribution in [0.25, 0.3) is 5.69 Å². The summed E-state index contributed by atoms with van der Waals surface area (Å²) in [7, 11) is 0. The molecule has 3 heterocycles. The number of likely N-dealkylation sites (tertiary alicyclic amines) is 1. The van der Waals surface area contributed by atoms with Crippen LogP contribution < -0.4 is 5.32 Å². The Bertz CT molecular complexity index is 923. The Kier molecular flexibility index (Phi) is 5.20. The first-order chi connectivity index (χ1) is 14.0. The summed E-state index contributed by atoms with van der Waals surface area (Å²) in [6, 6.07) is 6.93. The van der Waals surface area contributed by atoms with Gasteiger partial charge in [-0.05, 0) is 44.0 Å². The lowest BCUT2D eigenvalue weighted by Gasteiger charge is -2.25. The second-order valence-electron chi connectivity index (χ2n) is 7.16. The zero-order valence-corrected chi connectivity index (χ0v) is 16.2. The molecule has 2 fully saturated rings. The molecule has 1 N–H and O–H groups in total. The molecule has 29 heavy (non-hydrogen) atoms. The topological polar surface area (TPSA) is 96.8 Å². The van der Waals surface area contributed by atoms with Crippen LogP contribution in [-0.2, 0) is 14.3 Å². The minimum Gasteiger partial charge on any atom is -0.448 e. The number of aromatic nitrogens is 2. The monoisotopic (exact) mass is 397 g/mol. The molecule has 1 atom stereocenters. The molecular formula is C20H23N5O4. The van der Waals surface area contributed by atoms with Crippen LogP contribution in [0.3, 0.4) is 0 Å². The van der Waals surface area contributed by atoms with Gasteiger partial charge in [-0.25, -0.2) is 9.78 Å². The first-order valence-electron chi connectivity index (χ1n) is 9.65. The van der Waals surface area contributed by atoms with Gasteiger partial charge in [0, 0.05) is 30.3 Å². The Morgan fingerprint density at radius 1 is 1.24 bits per heavy atom. The van der Waals surface area contributed by atoms with E-state index in [1.54, 1.807) is 11.1 Å². The van der Waals surface area contributed by atoms with E-state index in [9.17, 15) is 14.4 Å². The van der Waals surface area contributed by atoms with E-state index in [1.807, 2.05) is 42.0 Å². The number of hydrogen-bond acceptors (Lipinski definition) is 5. The van der Waals surface area contributed by atoms with Crippen molar-refractivity contribution >= 4 is 23.6 Å². The summed E-state index contributed by atoms with van der Waals surface area (Å²) in [6.45, 7) is 3.08. The third-order valence-electron chi connectivity index (χ3n) is 5.29. The summed E-state index contributed by atoms with van der Waals surface area (Å²) in [5, 5.41) is 2.90. The van der Waals surface area contributed by atoms with Gasteiger partial charge >= 0.3 is 6.09 Å². The number of nitrogens with zero attached hydrogens (tertiary/aromatic N) is 4.